The first-order chi connectivity index (χ1) is 11.5. The van der Waals surface area contributed by atoms with Gasteiger partial charge < -0.3 is 9.72 Å². The van der Waals surface area contributed by atoms with Crippen LogP contribution in [0.3, 0.4) is 0 Å². The van der Waals surface area contributed by atoms with Gasteiger partial charge in [0.1, 0.15) is 11.4 Å². The van der Waals surface area contributed by atoms with E-state index in [1.807, 2.05) is 0 Å². The largest absolute Gasteiger partial charge is 0.483 e. The molecule has 0 fully saturated rings. The lowest BCUT2D eigenvalue weighted by atomic mass is 9.94. The van der Waals surface area contributed by atoms with Crippen molar-refractivity contribution in [3.8, 4) is 5.75 Å². The van der Waals surface area contributed by atoms with Crippen molar-refractivity contribution in [1.82, 2.24) is 4.98 Å². The van der Waals surface area contributed by atoms with Gasteiger partial charge >= 0.3 is 0 Å². The first-order valence-corrected chi connectivity index (χ1v) is 8.52. The van der Waals surface area contributed by atoms with Crippen LogP contribution in [0.5, 0.6) is 5.75 Å². The molecule has 1 unspecified atom stereocenters. The standard InChI is InChI=1S/C22H23NO/c1-14(2)9-11-22(4)12-10-16-20(24-22)8-7-19-21(16)17-13-15(3)5-6-18(17)23-19/h5-10,12-13,23H,11H2,1-4H3. The highest BCUT2D eigenvalue weighted by Crippen LogP contribution is 2.40. The molecule has 4 rings (SSSR count). The smallest absolute Gasteiger partial charge is 0.128 e. The van der Waals surface area contributed by atoms with Crippen LogP contribution in [-0.4, -0.2) is 10.6 Å². The first-order valence-electron chi connectivity index (χ1n) is 8.52. The highest BCUT2D eigenvalue weighted by molar-refractivity contribution is 6.12. The number of fused-ring (bicyclic) bond motifs is 5. The number of H-pyrrole nitrogens is 1. The lowest BCUT2D eigenvalue weighted by Gasteiger charge is -2.31. The Morgan fingerprint density at radius 1 is 1.17 bits per heavy atom. The number of rotatable bonds is 2. The van der Waals surface area contributed by atoms with Gasteiger partial charge in [0.15, 0.2) is 0 Å². The van der Waals surface area contributed by atoms with Crippen LogP contribution in [0.4, 0.5) is 0 Å². The van der Waals surface area contributed by atoms with E-state index >= 15 is 0 Å². The molecule has 122 valence electrons. The van der Waals surface area contributed by atoms with Gasteiger partial charge in [-0.15, -0.1) is 0 Å². The summed E-state index contributed by atoms with van der Waals surface area (Å²) in [4.78, 5) is 3.52. The summed E-state index contributed by atoms with van der Waals surface area (Å²) in [6.07, 6.45) is 7.55. The predicted molar refractivity (Wildman–Crippen MR) is 103 cm³/mol. The Morgan fingerprint density at radius 3 is 2.75 bits per heavy atom. The SMILES string of the molecule is CC(C)=CCC1(C)C=Cc2c(ccc3[nH]c4ccc(C)cc4c23)O1. The lowest BCUT2D eigenvalue weighted by Crippen LogP contribution is -2.31. The number of aromatic nitrogens is 1. The summed E-state index contributed by atoms with van der Waals surface area (Å²) in [6.45, 7) is 8.54. The second kappa shape index (κ2) is 5.27. The molecular weight excluding hydrogens is 294 g/mol. The van der Waals surface area contributed by atoms with Crippen LogP contribution < -0.4 is 4.74 Å². The number of aryl methyl sites for hydroxylation is 1. The van der Waals surface area contributed by atoms with Crippen molar-refractivity contribution in [1.29, 1.82) is 0 Å². The molecule has 3 aromatic rings. The molecule has 0 amide bonds. The minimum atomic E-state index is -0.278. The Balaban J connectivity index is 1.88. The van der Waals surface area contributed by atoms with Crippen LogP contribution in [0.1, 0.15) is 38.3 Å². The van der Waals surface area contributed by atoms with Crippen LogP contribution >= 0.6 is 0 Å². The van der Waals surface area contributed by atoms with Gasteiger partial charge in [-0.3, -0.25) is 0 Å². The monoisotopic (exact) mass is 317 g/mol. The van der Waals surface area contributed by atoms with Crippen molar-refractivity contribution in [2.75, 3.05) is 0 Å². The average molecular weight is 317 g/mol. The summed E-state index contributed by atoms with van der Waals surface area (Å²) >= 11 is 0. The van der Waals surface area contributed by atoms with Crippen molar-refractivity contribution in [2.24, 2.45) is 0 Å². The third kappa shape index (κ3) is 2.43. The average Bonchev–Trinajstić information content (AvgIpc) is 2.91. The summed E-state index contributed by atoms with van der Waals surface area (Å²) in [5, 5.41) is 2.52. The van der Waals surface area contributed by atoms with Crippen LogP contribution in [-0.2, 0) is 0 Å². The van der Waals surface area contributed by atoms with E-state index in [4.69, 9.17) is 4.74 Å². The van der Waals surface area contributed by atoms with E-state index in [1.54, 1.807) is 0 Å². The zero-order chi connectivity index (χ0) is 16.9. The maximum Gasteiger partial charge on any atom is 0.128 e. The van der Waals surface area contributed by atoms with Gasteiger partial charge in [0.2, 0.25) is 0 Å². The molecule has 0 aliphatic carbocycles. The van der Waals surface area contributed by atoms with Gasteiger partial charge in [-0.2, -0.15) is 0 Å². The highest BCUT2D eigenvalue weighted by atomic mass is 16.5. The Kier molecular flexibility index (Phi) is 3.31. The van der Waals surface area contributed by atoms with Crippen LogP contribution in [0, 0.1) is 6.92 Å². The lowest BCUT2D eigenvalue weighted by molar-refractivity contribution is 0.141. The van der Waals surface area contributed by atoms with Gasteiger partial charge in [0.25, 0.3) is 0 Å². The van der Waals surface area contributed by atoms with Crippen molar-refractivity contribution in [3.05, 3.63) is 59.2 Å². The number of benzene rings is 2. The van der Waals surface area contributed by atoms with Gasteiger partial charge in [-0.05, 0) is 58.0 Å². The molecule has 1 aliphatic heterocycles. The molecule has 1 aromatic heterocycles. The number of hydrogen-bond acceptors (Lipinski definition) is 1. The number of aromatic amines is 1. The Morgan fingerprint density at radius 2 is 1.96 bits per heavy atom. The second-order valence-corrected chi connectivity index (χ2v) is 7.31. The molecule has 2 heteroatoms. The molecule has 0 saturated heterocycles. The summed E-state index contributed by atoms with van der Waals surface area (Å²) < 4.78 is 6.38. The zero-order valence-electron chi connectivity index (χ0n) is 14.7. The van der Waals surface area contributed by atoms with Crippen LogP contribution in [0.25, 0.3) is 27.9 Å². The van der Waals surface area contributed by atoms with Crippen molar-refractivity contribution >= 4 is 27.9 Å². The van der Waals surface area contributed by atoms with E-state index in [-0.39, 0.29) is 5.60 Å². The maximum atomic E-state index is 6.38. The minimum absolute atomic E-state index is 0.278. The van der Waals surface area contributed by atoms with Gasteiger partial charge in [-0.1, -0.05) is 29.4 Å². The van der Waals surface area contributed by atoms with E-state index in [0.717, 1.165) is 17.7 Å². The fourth-order valence-corrected chi connectivity index (χ4v) is 3.43. The van der Waals surface area contributed by atoms with Gasteiger partial charge in [0.05, 0.1) is 0 Å². The Hall–Kier alpha value is -2.48. The number of hydrogen-bond donors (Lipinski definition) is 1. The van der Waals surface area contributed by atoms with Gasteiger partial charge in [-0.25, -0.2) is 0 Å². The maximum absolute atomic E-state index is 6.38. The summed E-state index contributed by atoms with van der Waals surface area (Å²) in [6, 6.07) is 10.8. The molecule has 1 aliphatic rings. The third-order valence-corrected chi connectivity index (χ3v) is 4.78. The Labute approximate surface area is 142 Å². The fourth-order valence-electron chi connectivity index (χ4n) is 3.43. The quantitative estimate of drug-likeness (QED) is 0.563. The molecule has 2 heterocycles. The Bertz CT molecular complexity index is 1000. The van der Waals surface area contributed by atoms with E-state index in [2.05, 4.69) is 81.2 Å². The van der Waals surface area contributed by atoms with Crippen LogP contribution in [0.2, 0.25) is 0 Å². The fraction of sp³-hybridized carbons (Fsp3) is 0.273. The van der Waals surface area contributed by atoms with Crippen molar-refractivity contribution in [2.45, 2.75) is 39.7 Å². The molecule has 24 heavy (non-hydrogen) atoms. The molecule has 0 bridgehead atoms. The summed E-state index contributed by atoms with van der Waals surface area (Å²) in [7, 11) is 0. The van der Waals surface area contributed by atoms with Gasteiger partial charge in [0, 0.05) is 33.8 Å². The van der Waals surface area contributed by atoms with E-state index in [0.29, 0.717) is 0 Å². The molecule has 2 nitrogen and oxygen atoms in total. The number of allylic oxidation sites excluding steroid dienone is 1. The molecule has 0 spiro atoms. The molecule has 0 saturated carbocycles. The first kappa shape index (κ1) is 15.1. The number of ether oxygens (including phenoxy) is 1. The molecule has 1 atom stereocenters. The molecular formula is C22H23NO. The number of nitrogens with one attached hydrogen (secondary N) is 1. The zero-order valence-corrected chi connectivity index (χ0v) is 14.7. The minimum Gasteiger partial charge on any atom is -0.483 e. The van der Waals surface area contributed by atoms with E-state index < -0.39 is 0 Å². The predicted octanol–water partition coefficient (Wildman–Crippen LogP) is 6.15. The summed E-state index contributed by atoms with van der Waals surface area (Å²) in [5.41, 5.74) is 5.83. The highest BCUT2D eigenvalue weighted by Gasteiger charge is 2.27. The second-order valence-electron chi connectivity index (χ2n) is 7.31. The molecule has 2 aromatic carbocycles. The molecule has 0 radical (unpaired) electrons. The van der Waals surface area contributed by atoms with Crippen molar-refractivity contribution in [3.63, 3.8) is 0 Å². The van der Waals surface area contributed by atoms with Crippen LogP contribution in [0.15, 0.2) is 48.1 Å². The van der Waals surface area contributed by atoms with E-state index in [1.165, 1.54) is 33.0 Å². The van der Waals surface area contributed by atoms with E-state index in [9.17, 15) is 0 Å². The summed E-state index contributed by atoms with van der Waals surface area (Å²) in [5.74, 6) is 0.970. The topological polar surface area (TPSA) is 25.0 Å². The van der Waals surface area contributed by atoms with Crippen molar-refractivity contribution < 1.29 is 4.74 Å². The normalized spacial score (nSPS) is 19.3. The third-order valence-electron chi connectivity index (χ3n) is 4.78. The molecule has 1 N–H and O–H groups in total.